The SMILES string of the molecule is CCCNc1nc(N)c2c(n1)N(C)CC2C(C)C. The fourth-order valence-corrected chi connectivity index (χ4v) is 2.45. The van der Waals surface area contributed by atoms with Crippen LogP contribution in [0.1, 0.15) is 38.7 Å². The van der Waals surface area contributed by atoms with Crippen LogP contribution >= 0.6 is 0 Å². The van der Waals surface area contributed by atoms with Crippen molar-refractivity contribution in [2.24, 2.45) is 5.92 Å². The fraction of sp³-hybridized carbons (Fsp3) is 0.692. The van der Waals surface area contributed by atoms with Gasteiger partial charge in [-0.2, -0.15) is 9.97 Å². The van der Waals surface area contributed by atoms with Crippen LogP contribution in [0, 0.1) is 5.92 Å². The first-order valence-corrected chi connectivity index (χ1v) is 6.67. The zero-order valence-electron chi connectivity index (χ0n) is 11.7. The number of nitrogens with two attached hydrogens (primary N) is 1. The minimum absolute atomic E-state index is 0.435. The number of nitrogens with one attached hydrogen (secondary N) is 1. The minimum atomic E-state index is 0.435. The third-order valence-electron chi connectivity index (χ3n) is 3.50. The van der Waals surface area contributed by atoms with Crippen LogP contribution in [0.25, 0.3) is 0 Å². The number of rotatable bonds is 4. The molecular weight excluding hydrogens is 226 g/mol. The monoisotopic (exact) mass is 249 g/mol. The highest BCUT2D eigenvalue weighted by Crippen LogP contribution is 2.41. The van der Waals surface area contributed by atoms with E-state index in [2.05, 4.69) is 48.0 Å². The summed E-state index contributed by atoms with van der Waals surface area (Å²) in [5.41, 5.74) is 7.24. The lowest BCUT2D eigenvalue weighted by atomic mass is 9.91. The van der Waals surface area contributed by atoms with Gasteiger partial charge >= 0.3 is 0 Å². The Kier molecular flexibility index (Phi) is 3.59. The molecule has 1 aliphatic rings. The molecule has 0 fully saturated rings. The Labute approximate surface area is 109 Å². The summed E-state index contributed by atoms with van der Waals surface area (Å²) >= 11 is 0. The van der Waals surface area contributed by atoms with Crippen molar-refractivity contribution >= 4 is 17.6 Å². The molecule has 5 nitrogen and oxygen atoms in total. The van der Waals surface area contributed by atoms with Crippen LogP contribution < -0.4 is 16.0 Å². The quantitative estimate of drug-likeness (QED) is 0.855. The van der Waals surface area contributed by atoms with Gasteiger partial charge in [0, 0.05) is 31.6 Å². The van der Waals surface area contributed by atoms with Crippen molar-refractivity contribution < 1.29 is 0 Å². The van der Waals surface area contributed by atoms with Gasteiger partial charge in [0.1, 0.15) is 11.6 Å². The van der Waals surface area contributed by atoms with Crippen LogP contribution in [-0.4, -0.2) is 30.1 Å². The second kappa shape index (κ2) is 5.00. The van der Waals surface area contributed by atoms with Crippen molar-refractivity contribution in [2.75, 3.05) is 36.1 Å². The summed E-state index contributed by atoms with van der Waals surface area (Å²) in [4.78, 5) is 11.1. The highest BCUT2D eigenvalue weighted by atomic mass is 15.2. The number of nitrogen functional groups attached to an aromatic ring is 1. The molecule has 1 unspecified atom stereocenters. The topological polar surface area (TPSA) is 67.1 Å². The maximum atomic E-state index is 6.12. The number of fused-ring (bicyclic) bond motifs is 1. The van der Waals surface area contributed by atoms with Crippen LogP contribution in [0.3, 0.4) is 0 Å². The van der Waals surface area contributed by atoms with E-state index >= 15 is 0 Å². The summed E-state index contributed by atoms with van der Waals surface area (Å²) in [6.07, 6.45) is 1.05. The van der Waals surface area contributed by atoms with Gasteiger partial charge in [-0.15, -0.1) is 0 Å². The largest absolute Gasteiger partial charge is 0.383 e. The molecule has 1 aliphatic heterocycles. The predicted molar refractivity (Wildman–Crippen MR) is 76.1 cm³/mol. The summed E-state index contributed by atoms with van der Waals surface area (Å²) in [6, 6.07) is 0. The lowest BCUT2D eigenvalue weighted by molar-refractivity contribution is 0.521. The van der Waals surface area contributed by atoms with Crippen molar-refractivity contribution in [2.45, 2.75) is 33.1 Å². The maximum Gasteiger partial charge on any atom is 0.226 e. The Morgan fingerprint density at radius 2 is 2.17 bits per heavy atom. The minimum Gasteiger partial charge on any atom is -0.383 e. The molecule has 0 radical (unpaired) electrons. The van der Waals surface area contributed by atoms with Crippen molar-refractivity contribution in [3.8, 4) is 0 Å². The second-order valence-electron chi connectivity index (χ2n) is 5.33. The molecular formula is C13H23N5. The molecule has 0 saturated carbocycles. The molecule has 0 aliphatic carbocycles. The predicted octanol–water partition coefficient (Wildman–Crippen LogP) is 2.07. The highest BCUT2D eigenvalue weighted by molar-refractivity contribution is 5.65. The molecule has 0 amide bonds. The second-order valence-corrected chi connectivity index (χ2v) is 5.33. The van der Waals surface area contributed by atoms with Crippen LogP contribution in [0.5, 0.6) is 0 Å². The molecule has 1 atom stereocenters. The van der Waals surface area contributed by atoms with Crippen LogP contribution in [0.4, 0.5) is 17.6 Å². The Morgan fingerprint density at radius 1 is 1.44 bits per heavy atom. The van der Waals surface area contributed by atoms with Gasteiger partial charge in [-0.1, -0.05) is 20.8 Å². The van der Waals surface area contributed by atoms with Crippen LogP contribution in [0.2, 0.25) is 0 Å². The summed E-state index contributed by atoms with van der Waals surface area (Å²) < 4.78 is 0. The first-order valence-electron chi connectivity index (χ1n) is 6.67. The Balaban J connectivity index is 2.36. The number of nitrogens with zero attached hydrogens (tertiary/aromatic N) is 3. The van der Waals surface area contributed by atoms with Gasteiger partial charge in [-0.05, 0) is 12.3 Å². The zero-order valence-corrected chi connectivity index (χ0v) is 11.7. The van der Waals surface area contributed by atoms with Gasteiger partial charge in [0.2, 0.25) is 5.95 Å². The number of anilines is 3. The Morgan fingerprint density at radius 3 is 2.78 bits per heavy atom. The number of aromatic nitrogens is 2. The molecule has 0 aromatic carbocycles. The van der Waals surface area contributed by atoms with Gasteiger partial charge in [-0.3, -0.25) is 0 Å². The van der Waals surface area contributed by atoms with E-state index in [0.717, 1.165) is 30.9 Å². The van der Waals surface area contributed by atoms with Gasteiger partial charge in [0.15, 0.2) is 0 Å². The normalized spacial score (nSPS) is 18.3. The Hall–Kier alpha value is -1.52. The molecule has 18 heavy (non-hydrogen) atoms. The van der Waals surface area contributed by atoms with E-state index in [0.29, 0.717) is 23.6 Å². The van der Waals surface area contributed by atoms with E-state index < -0.39 is 0 Å². The lowest BCUT2D eigenvalue weighted by Crippen LogP contribution is -2.18. The molecule has 0 saturated heterocycles. The number of likely N-dealkylation sites (N-methyl/N-ethyl adjacent to an activating group) is 1. The molecule has 100 valence electrons. The number of hydrogen-bond donors (Lipinski definition) is 2. The van der Waals surface area contributed by atoms with Crippen molar-refractivity contribution in [1.29, 1.82) is 0 Å². The summed E-state index contributed by atoms with van der Waals surface area (Å²) in [5, 5.41) is 3.20. The summed E-state index contributed by atoms with van der Waals surface area (Å²) in [7, 11) is 2.07. The molecule has 1 aromatic heterocycles. The van der Waals surface area contributed by atoms with Gasteiger partial charge < -0.3 is 16.0 Å². The molecule has 3 N–H and O–H groups in total. The maximum absolute atomic E-state index is 6.12. The summed E-state index contributed by atoms with van der Waals surface area (Å²) in [5.74, 6) is 3.24. The molecule has 1 aromatic rings. The van der Waals surface area contributed by atoms with Gasteiger partial charge in [0.05, 0.1) is 0 Å². The average Bonchev–Trinajstić information content (AvgIpc) is 2.65. The summed E-state index contributed by atoms with van der Waals surface area (Å²) in [6.45, 7) is 8.40. The number of hydrogen-bond acceptors (Lipinski definition) is 5. The smallest absolute Gasteiger partial charge is 0.226 e. The molecule has 0 bridgehead atoms. The molecule has 2 rings (SSSR count). The fourth-order valence-electron chi connectivity index (χ4n) is 2.45. The van der Waals surface area contributed by atoms with E-state index in [-0.39, 0.29) is 0 Å². The Bertz CT molecular complexity index is 430. The third kappa shape index (κ3) is 2.21. The molecule has 5 heteroatoms. The van der Waals surface area contributed by atoms with E-state index in [4.69, 9.17) is 5.73 Å². The van der Waals surface area contributed by atoms with E-state index in [1.165, 1.54) is 0 Å². The average molecular weight is 249 g/mol. The molecule has 2 heterocycles. The van der Waals surface area contributed by atoms with Crippen molar-refractivity contribution in [3.63, 3.8) is 0 Å². The van der Waals surface area contributed by atoms with Gasteiger partial charge in [0.25, 0.3) is 0 Å². The van der Waals surface area contributed by atoms with E-state index in [1.54, 1.807) is 0 Å². The van der Waals surface area contributed by atoms with Crippen molar-refractivity contribution in [1.82, 2.24) is 9.97 Å². The molecule has 0 spiro atoms. The first-order chi connectivity index (χ1) is 8.54. The first kappa shape index (κ1) is 12.9. The van der Waals surface area contributed by atoms with Crippen LogP contribution in [0.15, 0.2) is 0 Å². The van der Waals surface area contributed by atoms with Crippen LogP contribution in [-0.2, 0) is 0 Å². The third-order valence-corrected chi connectivity index (χ3v) is 3.50. The lowest BCUT2D eigenvalue weighted by Gasteiger charge is -2.15. The van der Waals surface area contributed by atoms with E-state index in [9.17, 15) is 0 Å². The van der Waals surface area contributed by atoms with E-state index in [1.807, 2.05) is 0 Å². The highest BCUT2D eigenvalue weighted by Gasteiger charge is 2.33. The van der Waals surface area contributed by atoms with Crippen molar-refractivity contribution in [3.05, 3.63) is 5.56 Å². The van der Waals surface area contributed by atoms with Gasteiger partial charge in [-0.25, -0.2) is 0 Å². The standard InChI is InChI=1S/C13H23N5/c1-5-6-15-13-16-11(14)10-9(8(2)3)7-18(4)12(10)17-13/h8-9H,5-7H2,1-4H3,(H3,14,15,16,17). The zero-order chi connectivity index (χ0) is 13.3.